The molecule has 0 aromatic carbocycles. The van der Waals surface area contributed by atoms with Crippen LogP contribution >= 0.6 is 11.6 Å². The van der Waals surface area contributed by atoms with Gasteiger partial charge in [-0.3, -0.25) is 4.68 Å². The van der Waals surface area contributed by atoms with Crippen LogP contribution in [0.25, 0.3) is 11.2 Å². The number of aromatic nitrogens is 4. The van der Waals surface area contributed by atoms with Gasteiger partial charge in [-0.2, -0.15) is 5.10 Å². The maximum absolute atomic E-state index is 6.14. The highest BCUT2D eigenvalue weighted by molar-refractivity contribution is 6.16. The molecule has 0 N–H and O–H groups in total. The zero-order valence-electron chi connectivity index (χ0n) is 13.1. The molecular weight excluding hydrogens is 286 g/mol. The molecule has 6 heteroatoms. The molecule has 21 heavy (non-hydrogen) atoms. The number of alkyl halides is 1. The molecule has 0 spiro atoms. The fourth-order valence-electron chi connectivity index (χ4n) is 3.40. The van der Waals surface area contributed by atoms with Gasteiger partial charge in [-0.1, -0.05) is 13.3 Å². The van der Waals surface area contributed by atoms with Crippen LogP contribution in [-0.2, 0) is 25.9 Å². The summed E-state index contributed by atoms with van der Waals surface area (Å²) in [7, 11) is 4.22. The molecule has 0 radical (unpaired) electrons. The Kier molecular flexibility index (Phi) is 4.22. The van der Waals surface area contributed by atoms with E-state index >= 15 is 0 Å². The van der Waals surface area contributed by atoms with Gasteiger partial charge in [0.05, 0.1) is 11.6 Å². The van der Waals surface area contributed by atoms with Crippen molar-refractivity contribution in [3.63, 3.8) is 0 Å². The maximum atomic E-state index is 6.14. The monoisotopic (exact) mass is 309 g/mol. The number of fused-ring (bicyclic) bond motifs is 1. The molecule has 1 aliphatic rings. The van der Waals surface area contributed by atoms with Crippen LogP contribution in [0.1, 0.15) is 37.7 Å². The minimum atomic E-state index is 0.453. The summed E-state index contributed by atoms with van der Waals surface area (Å²) in [6.45, 7) is 4.26. The second-order valence-corrected chi connectivity index (χ2v) is 6.27. The fourth-order valence-corrected chi connectivity index (χ4v) is 3.61. The molecule has 5 nitrogen and oxygen atoms in total. The molecule has 3 rings (SSSR count). The van der Waals surface area contributed by atoms with Gasteiger partial charge in [0, 0.05) is 19.6 Å². The van der Waals surface area contributed by atoms with Crippen LogP contribution < -0.4 is 0 Å². The summed E-state index contributed by atoms with van der Waals surface area (Å²) < 4.78 is 4.24. The van der Waals surface area contributed by atoms with Gasteiger partial charge in [-0.15, -0.1) is 11.6 Å². The molecule has 3 heterocycles. The van der Waals surface area contributed by atoms with Crippen LogP contribution in [0.15, 0.2) is 0 Å². The normalized spacial score (nSPS) is 20.5. The second kappa shape index (κ2) is 5.97. The fraction of sp³-hybridized carbons (Fsp3) is 0.733. The van der Waals surface area contributed by atoms with E-state index in [0.717, 1.165) is 35.6 Å². The number of imidazole rings is 1. The average molecular weight is 310 g/mol. The van der Waals surface area contributed by atoms with Crippen molar-refractivity contribution in [2.75, 3.05) is 13.6 Å². The lowest BCUT2D eigenvalue weighted by Gasteiger charge is -2.33. The van der Waals surface area contributed by atoms with Crippen LogP contribution in [0.5, 0.6) is 0 Å². The molecule has 0 saturated carbocycles. The molecule has 2 aromatic rings. The molecular formula is C15H24ClN5. The van der Waals surface area contributed by atoms with Crippen LogP contribution in [0.4, 0.5) is 0 Å². The number of hydrogen-bond acceptors (Lipinski definition) is 3. The summed E-state index contributed by atoms with van der Waals surface area (Å²) in [5.74, 6) is 1.42. The van der Waals surface area contributed by atoms with Crippen LogP contribution in [0.3, 0.4) is 0 Å². The molecule has 1 saturated heterocycles. The lowest BCUT2D eigenvalue weighted by Crippen LogP contribution is -2.39. The first-order valence-electron chi connectivity index (χ1n) is 7.82. The largest absolute Gasteiger partial charge is 0.310 e. The van der Waals surface area contributed by atoms with E-state index in [1.165, 1.54) is 25.8 Å². The van der Waals surface area contributed by atoms with Crippen molar-refractivity contribution in [2.24, 2.45) is 7.05 Å². The molecule has 116 valence electrons. The number of hydrogen-bond donors (Lipinski definition) is 0. The van der Waals surface area contributed by atoms with Crippen molar-refractivity contribution in [2.45, 2.75) is 51.1 Å². The number of rotatable bonds is 4. The van der Waals surface area contributed by atoms with Gasteiger partial charge in [0.2, 0.25) is 0 Å². The van der Waals surface area contributed by atoms with Gasteiger partial charge in [-0.05, 0) is 32.9 Å². The molecule has 0 aliphatic carbocycles. The summed E-state index contributed by atoms with van der Waals surface area (Å²) in [5.41, 5.74) is 3.20. The Bertz CT molecular complexity index is 630. The number of likely N-dealkylation sites (tertiary alicyclic amines) is 1. The van der Waals surface area contributed by atoms with Crippen molar-refractivity contribution < 1.29 is 0 Å². The number of nitrogens with zero attached hydrogens (tertiary/aromatic N) is 5. The van der Waals surface area contributed by atoms with Gasteiger partial charge in [0.25, 0.3) is 0 Å². The first-order valence-corrected chi connectivity index (χ1v) is 8.36. The highest BCUT2D eigenvalue weighted by Gasteiger charge is 2.24. The van der Waals surface area contributed by atoms with Crippen molar-refractivity contribution in [3.05, 3.63) is 11.5 Å². The van der Waals surface area contributed by atoms with E-state index in [0.29, 0.717) is 11.9 Å². The highest BCUT2D eigenvalue weighted by Crippen LogP contribution is 2.24. The Balaban J connectivity index is 2.01. The van der Waals surface area contributed by atoms with E-state index in [2.05, 4.69) is 28.5 Å². The van der Waals surface area contributed by atoms with E-state index in [1.807, 2.05) is 11.7 Å². The molecule has 1 unspecified atom stereocenters. The second-order valence-electron chi connectivity index (χ2n) is 6.00. The van der Waals surface area contributed by atoms with E-state index in [9.17, 15) is 0 Å². The minimum absolute atomic E-state index is 0.453. The first kappa shape index (κ1) is 14.9. The number of halogens is 1. The zero-order valence-corrected chi connectivity index (χ0v) is 13.9. The lowest BCUT2D eigenvalue weighted by molar-refractivity contribution is 0.167. The summed E-state index contributed by atoms with van der Waals surface area (Å²) in [6.07, 6.45) is 4.77. The van der Waals surface area contributed by atoms with Crippen LogP contribution in [0.2, 0.25) is 0 Å². The van der Waals surface area contributed by atoms with Crippen LogP contribution in [0, 0.1) is 0 Å². The van der Waals surface area contributed by atoms with E-state index in [1.54, 1.807) is 0 Å². The molecule has 1 atom stereocenters. The van der Waals surface area contributed by atoms with Gasteiger partial charge in [0.15, 0.2) is 5.65 Å². The van der Waals surface area contributed by atoms with Gasteiger partial charge < -0.3 is 9.47 Å². The Morgan fingerprint density at radius 1 is 1.29 bits per heavy atom. The SMILES string of the molecule is CCc1nn(C)c2c1nc(CCl)n2CC1CCCCN1C. The predicted octanol–water partition coefficient (Wildman–Crippen LogP) is 2.56. The molecule has 0 bridgehead atoms. The summed E-state index contributed by atoms with van der Waals surface area (Å²) in [4.78, 5) is 7.21. The lowest BCUT2D eigenvalue weighted by atomic mass is 10.0. The highest BCUT2D eigenvalue weighted by atomic mass is 35.5. The van der Waals surface area contributed by atoms with E-state index < -0.39 is 0 Å². The minimum Gasteiger partial charge on any atom is -0.310 e. The molecule has 1 fully saturated rings. The topological polar surface area (TPSA) is 38.9 Å². The van der Waals surface area contributed by atoms with Crippen molar-refractivity contribution >= 4 is 22.8 Å². The summed E-state index contributed by atoms with van der Waals surface area (Å²) in [5, 5.41) is 4.59. The van der Waals surface area contributed by atoms with Crippen LogP contribution in [-0.4, -0.2) is 43.9 Å². The Labute approximate surface area is 130 Å². The smallest absolute Gasteiger partial charge is 0.158 e. The third-order valence-corrected chi connectivity index (χ3v) is 4.88. The maximum Gasteiger partial charge on any atom is 0.158 e. The standard InChI is InChI=1S/C15H24ClN5/c1-4-12-14-15(20(3)18-12)21(13(9-16)17-14)10-11-7-5-6-8-19(11)2/h11H,4-10H2,1-3H3. The van der Waals surface area contributed by atoms with Crippen molar-refractivity contribution in [1.82, 2.24) is 24.2 Å². The summed E-state index contributed by atoms with van der Waals surface area (Å²) >= 11 is 6.14. The Hall–Kier alpha value is -1.07. The zero-order chi connectivity index (χ0) is 15.0. The number of piperidine rings is 1. The average Bonchev–Trinajstić information content (AvgIpc) is 2.99. The predicted molar refractivity (Wildman–Crippen MR) is 85.7 cm³/mol. The van der Waals surface area contributed by atoms with Gasteiger partial charge in [0.1, 0.15) is 11.3 Å². The molecule has 1 aliphatic heterocycles. The quantitative estimate of drug-likeness (QED) is 0.815. The Morgan fingerprint density at radius 2 is 2.10 bits per heavy atom. The number of aryl methyl sites for hydroxylation is 2. The summed E-state index contributed by atoms with van der Waals surface area (Å²) in [6, 6.07) is 0.568. The number of likely N-dealkylation sites (N-methyl/N-ethyl adjacent to an activating group) is 1. The third-order valence-electron chi connectivity index (χ3n) is 4.64. The van der Waals surface area contributed by atoms with Crippen molar-refractivity contribution in [1.29, 1.82) is 0 Å². The Morgan fingerprint density at radius 3 is 2.76 bits per heavy atom. The molecule has 0 amide bonds. The van der Waals surface area contributed by atoms with Gasteiger partial charge in [-0.25, -0.2) is 4.98 Å². The third kappa shape index (κ3) is 2.57. The van der Waals surface area contributed by atoms with Crippen molar-refractivity contribution in [3.8, 4) is 0 Å². The van der Waals surface area contributed by atoms with Gasteiger partial charge >= 0.3 is 0 Å². The van der Waals surface area contributed by atoms with E-state index in [-0.39, 0.29) is 0 Å². The van der Waals surface area contributed by atoms with E-state index in [4.69, 9.17) is 16.6 Å². The molecule has 2 aromatic heterocycles. The first-order chi connectivity index (χ1) is 10.2.